The van der Waals surface area contributed by atoms with Gasteiger partial charge in [0.1, 0.15) is 5.69 Å². The molecule has 1 amide bonds. The number of carbonyl (C=O) groups excluding carboxylic acids is 2. The highest BCUT2D eigenvalue weighted by Crippen LogP contribution is 2.33. The molecule has 0 saturated carbocycles. The molecule has 3 N–H and O–H groups in total. The molecule has 0 spiro atoms. The molecule has 0 aliphatic heterocycles. The smallest absolute Gasteiger partial charge is 0.346 e. The van der Waals surface area contributed by atoms with E-state index in [4.69, 9.17) is 15.2 Å². The Bertz CT molecular complexity index is 728. The molecule has 1 aromatic heterocycles. The zero-order valence-corrected chi connectivity index (χ0v) is 12.8. The maximum atomic E-state index is 11.4. The van der Waals surface area contributed by atoms with Gasteiger partial charge in [0.25, 0.3) is 5.91 Å². The van der Waals surface area contributed by atoms with Crippen LogP contribution in [0.4, 0.5) is 0 Å². The second kappa shape index (κ2) is 6.77. The van der Waals surface area contributed by atoms with Gasteiger partial charge in [0.05, 0.1) is 14.2 Å². The lowest BCUT2D eigenvalue weighted by Gasteiger charge is -2.15. The molecule has 0 aliphatic rings. The van der Waals surface area contributed by atoms with Crippen LogP contribution in [0.3, 0.4) is 0 Å². The lowest BCUT2D eigenvalue weighted by molar-refractivity contribution is -0.147. The number of ether oxygens (including phenoxy) is 3. The first kappa shape index (κ1) is 16.3. The Morgan fingerprint density at radius 2 is 1.96 bits per heavy atom. The average Bonchev–Trinajstić information content (AvgIpc) is 3.04. The van der Waals surface area contributed by atoms with Crippen molar-refractivity contribution in [2.75, 3.05) is 14.2 Å². The maximum Gasteiger partial charge on any atom is 0.346 e. The van der Waals surface area contributed by atoms with Crippen molar-refractivity contribution in [2.45, 2.75) is 13.0 Å². The van der Waals surface area contributed by atoms with E-state index in [0.29, 0.717) is 22.8 Å². The van der Waals surface area contributed by atoms with E-state index in [1.54, 1.807) is 25.1 Å². The molecule has 2 aromatic rings. The molecular weight excluding hydrogens is 304 g/mol. The van der Waals surface area contributed by atoms with Gasteiger partial charge < -0.3 is 19.9 Å². The molecule has 0 aliphatic carbocycles. The van der Waals surface area contributed by atoms with Crippen LogP contribution in [0.25, 0.3) is 11.3 Å². The molecule has 122 valence electrons. The van der Waals surface area contributed by atoms with E-state index in [1.807, 2.05) is 0 Å². The third-order valence-corrected chi connectivity index (χ3v) is 3.06. The number of rotatable bonds is 6. The third-order valence-electron chi connectivity index (χ3n) is 3.06. The first-order chi connectivity index (χ1) is 11.0. The Labute approximate surface area is 131 Å². The van der Waals surface area contributed by atoms with Crippen molar-refractivity contribution in [1.82, 2.24) is 15.4 Å². The molecule has 23 heavy (non-hydrogen) atoms. The number of H-pyrrole nitrogens is 1. The molecule has 0 radical (unpaired) electrons. The van der Waals surface area contributed by atoms with Crippen LogP contribution in [0.5, 0.6) is 11.5 Å². The summed E-state index contributed by atoms with van der Waals surface area (Å²) in [5.41, 5.74) is 6.11. The summed E-state index contributed by atoms with van der Waals surface area (Å²) in [5, 5.41) is 9.97. The summed E-state index contributed by atoms with van der Waals surface area (Å²) in [6.45, 7) is 1.56. The van der Waals surface area contributed by atoms with Gasteiger partial charge in [0, 0.05) is 5.56 Å². The lowest BCUT2D eigenvalue weighted by Crippen LogP contribution is -2.25. The summed E-state index contributed by atoms with van der Waals surface area (Å²) in [6, 6.07) is 4.84. The van der Waals surface area contributed by atoms with Gasteiger partial charge in [0.2, 0.25) is 0 Å². The van der Waals surface area contributed by atoms with Gasteiger partial charge in [-0.3, -0.25) is 4.79 Å². The first-order valence-electron chi connectivity index (χ1n) is 6.61. The second-order valence-electron chi connectivity index (χ2n) is 4.53. The van der Waals surface area contributed by atoms with Gasteiger partial charge >= 0.3 is 5.97 Å². The quantitative estimate of drug-likeness (QED) is 0.742. The number of amides is 1. The number of nitrogens with zero attached hydrogens (tertiary/aromatic N) is 2. The highest BCUT2D eigenvalue weighted by molar-refractivity contribution is 5.96. The monoisotopic (exact) mass is 320 g/mol. The van der Waals surface area contributed by atoms with E-state index < -0.39 is 18.0 Å². The minimum atomic E-state index is -0.798. The minimum Gasteiger partial charge on any atom is -0.493 e. The lowest BCUT2D eigenvalue weighted by atomic mass is 10.1. The van der Waals surface area contributed by atoms with E-state index in [-0.39, 0.29) is 5.69 Å². The van der Waals surface area contributed by atoms with Gasteiger partial charge in [-0.15, -0.1) is 0 Å². The second-order valence-corrected chi connectivity index (χ2v) is 4.53. The van der Waals surface area contributed by atoms with Crippen LogP contribution in [-0.4, -0.2) is 47.6 Å². The van der Waals surface area contributed by atoms with Crippen molar-refractivity contribution in [2.24, 2.45) is 5.73 Å². The van der Waals surface area contributed by atoms with E-state index >= 15 is 0 Å². The van der Waals surface area contributed by atoms with Crippen LogP contribution in [0.1, 0.15) is 17.4 Å². The predicted molar refractivity (Wildman–Crippen MR) is 79.0 cm³/mol. The number of esters is 1. The van der Waals surface area contributed by atoms with Crippen LogP contribution in [0, 0.1) is 0 Å². The highest BCUT2D eigenvalue weighted by Gasteiger charge is 2.20. The SMILES string of the molecule is COC(=O)C(C)Oc1ccc(-c2n[nH]nc2C(N)=O)cc1OC. The number of aromatic nitrogens is 3. The first-order valence-corrected chi connectivity index (χ1v) is 6.61. The molecule has 0 saturated heterocycles. The third kappa shape index (κ3) is 3.39. The minimum absolute atomic E-state index is 0.0173. The molecule has 1 heterocycles. The Morgan fingerprint density at radius 3 is 2.57 bits per heavy atom. The Hall–Kier alpha value is -3.10. The van der Waals surface area contributed by atoms with Crippen molar-refractivity contribution in [3.05, 3.63) is 23.9 Å². The fraction of sp³-hybridized carbons (Fsp3) is 0.286. The highest BCUT2D eigenvalue weighted by atomic mass is 16.6. The van der Waals surface area contributed by atoms with Gasteiger partial charge in [-0.05, 0) is 25.1 Å². The van der Waals surface area contributed by atoms with Gasteiger partial charge in [-0.25, -0.2) is 4.79 Å². The van der Waals surface area contributed by atoms with Gasteiger partial charge in [0.15, 0.2) is 23.3 Å². The van der Waals surface area contributed by atoms with E-state index in [2.05, 4.69) is 20.1 Å². The van der Waals surface area contributed by atoms with Crippen LogP contribution in [0.2, 0.25) is 0 Å². The fourth-order valence-corrected chi connectivity index (χ4v) is 1.92. The maximum absolute atomic E-state index is 11.4. The summed E-state index contributed by atoms with van der Waals surface area (Å²) in [5.74, 6) is -0.508. The number of benzene rings is 1. The number of hydrogen-bond acceptors (Lipinski definition) is 7. The number of nitrogens with one attached hydrogen (secondary N) is 1. The van der Waals surface area contributed by atoms with Crippen LogP contribution in [-0.2, 0) is 9.53 Å². The van der Waals surface area contributed by atoms with Crippen LogP contribution < -0.4 is 15.2 Å². The number of nitrogens with two attached hydrogens (primary N) is 1. The predicted octanol–water partition coefficient (Wildman–Crippen LogP) is 0.519. The standard InChI is InChI=1S/C14H16N4O5/c1-7(14(20)22-3)23-9-5-4-8(6-10(9)21-2)11-12(13(15)19)17-18-16-11/h4-7H,1-3H3,(H2,15,19)(H,16,17,18). The normalized spacial score (nSPS) is 11.6. The van der Waals surface area contributed by atoms with E-state index in [0.717, 1.165) is 0 Å². The number of primary amides is 1. The molecule has 1 aromatic carbocycles. The topological polar surface area (TPSA) is 129 Å². The van der Waals surface area contributed by atoms with Gasteiger partial charge in [-0.2, -0.15) is 15.4 Å². The van der Waals surface area contributed by atoms with Crippen molar-refractivity contribution in [3.63, 3.8) is 0 Å². The van der Waals surface area contributed by atoms with Crippen molar-refractivity contribution in [3.8, 4) is 22.8 Å². The van der Waals surface area contributed by atoms with Crippen LogP contribution in [0.15, 0.2) is 18.2 Å². The van der Waals surface area contributed by atoms with Gasteiger partial charge in [-0.1, -0.05) is 0 Å². The summed E-state index contributed by atoms with van der Waals surface area (Å²) >= 11 is 0. The number of carbonyl (C=O) groups is 2. The zero-order chi connectivity index (χ0) is 17.0. The largest absolute Gasteiger partial charge is 0.493 e. The summed E-state index contributed by atoms with van der Waals surface area (Å²) in [7, 11) is 2.73. The summed E-state index contributed by atoms with van der Waals surface area (Å²) < 4.78 is 15.4. The van der Waals surface area contributed by atoms with Crippen molar-refractivity contribution < 1.29 is 23.8 Å². The number of hydrogen-bond donors (Lipinski definition) is 2. The molecule has 0 fully saturated rings. The fourth-order valence-electron chi connectivity index (χ4n) is 1.92. The number of methoxy groups -OCH3 is 2. The van der Waals surface area contributed by atoms with E-state index in [1.165, 1.54) is 14.2 Å². The molecular formula is C14H16N4O5. The molecule has 2 rings (SSSR count). The molecule has 9 heteroatoms. The van der Waals surface area contributed by atoms with E-state index in [9.17, 15) is 9.59 Å². The Morgan fingerprint density at radius 1 is 1.22 bits per heavy atom. The molecule has 0 bridgehead atoms. The molecule has 9 nitrogen and oxygen atoms in total. The van der Waals surface area contributed by atoms with Crippen LogP contribution >= 0.6 is 0 Å². The number of aromatic amines is 1. The van der Waals surface area contributed by atoms with Crippen molar-refractivity contribution in [1.29, 1.82) is 0 Å². The molecule has 1 unspecified atom stereocenters. The zero-order valence-electron chi connectivity index (χ0n) is 12.8. The Balaban J connectivity index is 2.34. The molecule has 1 atom stereocenters. The van der Waals surface area contributed by atoms with Crippen molar-refractivity contribution >= 4 is 11.9 Å². The Kier molecular flexibility index (Phi) is 4.79. The summed E-state index contributed by atoms with van der Waals surface area (Å²) in [4.78, 5) is 22.8. The average molecular weight is 320 g/mol. The summed E-state index contributed by atoms with van der Waals surface area (Å²) in [6.07, 6.45) is -0.798.